The highest BCUT2D eigenvalue weighted by atomic mass is 35.5. The monoisotopic (exact) mass is 339 g/mol. The van der Waals surface area contributed by atoms with Gasteiger partial charge in [0.15, 0.2) is 6.29 Å². The third kappa shape index (κ3) is 3.39. The number of benzene rings is 2. The molecule has 0 N–H and O–H groups in total. The smallest absolute Gasteiger partial charge is 0.338 e. The standard InChI is InChI=1S/C19H14ClNO3/c20-18-6-2-1-4-15(18)13-24-19(23)14-7-9-16(10-8-14)21-11-3-5-17(21)12-22/h1-12H,13H2. The van der Waals surface area contributed by atoms with Crippen LogP contribution in [0.15, 0.2) is 66.9 Å². The van der Waals surface area contributed by atoms with Crippen molar-refractivity contribution in [1.82, 2.24) is 4.57 Å². The van der Waals surface area contributed by atoms with E-state index in [0.717, 1.165) is 17.5 Å². The molecular weight excluding hydrogens is 326 g/mol. The third-order valence-electron chi connectivity index (χ3n) is 3.60. The van der Waals surface area contributed by atoms with Crippen molar-refractivity contribution in [2.24, 2.45) is 0 Å². The Labute approximate surface area is 144 Å². The molecule has 0 bridgehead atoms. The number of esters is 1. The van der Waals surface area contributed by atoms with Gasteiger partial charge >= 0.3 is 5.97 Å². The van der Waals surface area contributed by atoms with Crippen LogP contribution in [0.25, 0.3) is 5.69 Å². The second kappa shape index (κ2) is 7.15. The first-order valence-corrected chi connectivity index (χ1v) is 7.70. The van der Waals surface area contributed by atoms with E-state index >= 15 is 0 Å². The Kier molecular flexibility index (Phi) is 4.77. The van der Waals surface area contributed by atoms with Gasteiger partial charge in [-0.2, -0.15) is 0 Å². The summed E-state index contributed by atoms with van der Waals surface area (Å²) in [6.07, 6.45) is 2.57. The lowest BCUT2D eigenvalue weighted by Crippen LogP contribution is -2.06. The Morgan fingerprint density at radius 2 is 1.79 bits per heavy atom. The summed E-state index contributed by atoms with van der Waals surface area (Å²) in [5, 5.41) is 0.564. The molecule has 0 atom stereocenters. The fourth-order valence-electron chi connectivity index (χ4n) is 2.33. The summed E-state index contributed by atoms with van der Waals surface area (Å²) >= 11 is 6.04. The minimum absolute atomic E-state index is 0.118. The number of carbonyl (C=O) groups excluding carboxylic acids is 2. The first-order valence-electron chi connectivity index (χ1n) is 7.32. The number of hydrogen-bond acceptors (Lipinski definition) is 3. The maximum Gasteiger partial charge on any atom is 0.338 e. The quantitative estimate of drug-likeness (QED) is 0.514. The van der Waals surface area contributed by atoms with Crippen molar-refractivity contribution in [1.29, 1.82) is 0 Å². The Morgan fingerprint density at radius 1 is 1.04 bits per heavy atom. The molecule has 3 aromatic rings. The molecule has 0 saturated carbocycles. The lowest BCUT2D eigenvalue weighted by atomic mass is 10.2. The molecule has 120 valence electrons. The van der Waals surface area contributed by atoms with E-state index in [0.29, 0.717) is 16.3 Å². The van der Waals surface area contributed by atoms with E-state index in [1.54, 1.807) is 53.2 Å². The number of nitrogens with zero attached hydrogens (tertiary/aromatic N) is 1. The summed E-state index contributed by atoms with van der Waals surface area (Å²) in [6.45, 7) is 0.118. The maximum absolute atomic E-state index is 12.1. The third-order valence-corrected chi connectivity index (χ3v) is 3.97. The maximum atomic E-state index is 12.1. The molecule has 0 saturated heterocycles. The fraction of sp³-hybridized carbons (Fsp3) is 0.0526. The number of ether oxygens (including phenoxy) is 1. The van der Waals surface area contributed by atoms with Gasteiger partial charge in [-0.25, -0.2) is 4.79 Å². The van der Waals surface area contributed by atoms with Crippen LogP contribution in [0.3, 0.4) is 0 Å². The minimum Gasteiger partial charge on any atom is -0.457 e. The molecule has 0 unspecified atom stereocenters. The van der Waals surface area contributed by atoms with Crippen LogP contribution >= 0.6 is 11.6 Å². The van der Waals surface area contributed by atoms with Crippen molar-refractivity contribution in [3.05, 3.63) is 88.7 Å². The number of carbonyl (C=O) groups is 2. The van der Waals surface area contributed by atoms with E-state index in [9.17, 15) is 9.59 Å². The highest BCUT2D eigenvalue weighted by Crippen LogP contribution is 2.17. The first-order chi connectivity index (χ1) is 11.7. The predicted octanol–water partition coefficient (Wildman–Crippen LogP) is 4.30. The second-order valence-corrected chi connectivity index (χ2v) is 5.54. The molecule has 1 aromatic heterocycles. The SMILES string of the molecule is O=Cc1cccn1-c1ccc(C(=O)OCc2ccccc2Cl)cc1. The number of hydrogen-bond donors (Lipinski definition) is 0. The largest absolute Gasteiger partial charge is 0.457 e. The zero-order valence-electron chi connectivity index (χ0n) is 12.7. The van der Waals surface area contributed by atoms with Crippen LogP contribution in [0, 0.1) is 0 Å². The van der Waals surface area contributed by atoms with Crippen molar-refractivity contribution >= 4 is 23.9 Å². The molecule has 0 aliphatic rings. The minimum atomic E-state index is -0.426. The van der Waals surface area contributed by atoms with E-state index in [1.165, 1.54) is 0 Å². The molecule has 0 fully saturated rings. The Morgan fingerprint density at radius 3 is 2.50 bits per heavy atom. The number of rotatable bonds is 5. The lowest BCUT2D eigenvalue weighted by Gasteiger charge is -2.08. The molecule has 1 heterocycles. The van der Waals surface area contributed by atoms with Gasteiger partial charge in [0.05, 0.1) is 11.3 Å². The molecule has 0 radical (unpaired) electrons. The fourth-order valence-corrected chi connectivity index (χ4v) is 2.52. The number of aromatic nitrogens is 1. The van der Waals surface area contributed by atoms with Crippen molar-refractivity contribution < 1.29 is 14.3 Å². The Bertz CT molecular complexity index is 868. The number of aldehydes is 1. The zero-order valence-corrected chi connectivity index (χ0v) is 13.4. The van der Waals surface area contributed by atoms with Gasteiger partial charge in [0.1, 0.15) is 6.61 Å². The highest BCUT2D eigenvalue weighted by molar-refractivity contribution is 6.31. The lowest BCUT2D eigenvalue weighted by molar-refractivity contribution is 0.0473. The number of halogens is 1. The van der Waals surface area contributed by atoms with Gasteiger partial charge < -0.3 is 9.30 Å². The van der Waals surface area contributed by atoms with E-state index in [4.69, 9.17) is 16.3 Å². The van der Waals surface area contributed by atoms with Gasteiger partial charge in [0.25, 0.3) is 0 Å². The molecule has 2 aromatic carbocycles. The van der Waals surface area contributed by atoms with E-state index in [2.05, 4.69) is 0 Å². The predicted molar refractivity (Wildman–Crippen MR) is 91.7 cm³/mol. The Hall–Kier alpha value is -2.85. The normalized spacial score (nSPS) is 10.4. The van der Waals surface area contributed by atoms with Gasteiger partial charge in [-0.3, -0.25) is 4.79 Å². The van der Waals surface area contributed by atoms with E-state index in [1.807, 2.05) is 18.2 Å². The molecule has 3 rings (SSSR count). The molecule has 0 aliphatic heterocycles. The van der Waals surface area contributed by atoms with Gasteiger partial charge in [-0.1, -0.05) is 29.8 Å². The zero-order chi connectivity index (χ0) is 16.9. The average molecular weight is 340 g/mol. The Balaban J connectivity index is 1.70. The summed E-state index contributed by atoms with van der Waals surface area (Å²) in [6, 6.07) is 17.6. The summed E-state index contributed by atoms with van der Waals surface area (Å²) in [5.41, 5.74) is 2.53. The molecule has 4 nitrogen and oxygen atoms in total. The molecule has 5 heteroatoms. The topological polar surface area (TPSA) is 48.3 Å². The van der Waals surface area contributed by atoms with Gasteiger partial charge in [0.2, 0.25) is 0 Å². The highest BCUT2D eigenvalue weighted by Gasteiger charge is 2.09. The molecule has 0 aliphatic carbocycles. The average Bonchev–Trinajstić information content (AvgIpc) is 3.09. The molecular formula is C19H14ClNO3. The summed E-state index contributed by atoms with van der Waals surface area (Å²) in [7, 11) is 0. The van der Waals surface area contributed by atoms with Crippen LogP contribution in [-0.4, -0.2) is 16.8 Å². The molecule has 24 heavy (non-hydrogen) atoms. The van der Waals surface area contributed by atoms with Crippen LogP contribution in [0.1, 0.15) is 26.4 Å². The van der Waals surface area contributed by atoms with Gasteiger partial charge in [-0.15, -0.1) is 0 Å². The van der Waals surface area contributed by atoms with Crippen molar-refractivity contribution in [2.75, 3.05) is 0 Å². The summed E-state index contributed by atoms with van der Waals surface area (Å²) in [4.78, 5) is 23.1. The summed E-state index contributed by atoms with van der Waals surface area (Å²) in [5.74, 6) is -0.426. The van der Waals surface area contributed by atoms with Crippen molar-refractivity contribution in [3.8, 4) is 5.69 Å². The van der Waals surface area contributed by atoms with Gasteiger partial charge in [0, 0.05) is 22.5 Å². The van der Waals surface area contributed by atoms with Crippen LogP contribution in [-0.2, 0) is 11.3 Å². The summed E-state index contributed by atoms with van der Waals surface area (Å²) < 4.78 is 7.03. The van der Waals surface area contributed by atoms with E-state index in [-0.39, 0.29) is 6.61 Å². The van der Waals surface area contributed by atoms with E-state index < -0.39 is 5.97 Å². The molecule has 0 amide bonds. The van der Waals surface area contributed by atoms with Crippen molar-refractivity contribution in [3.63, 3.8) is 0 Å². The van der Waals surface area contributed by atoms with Gasteiger partial charge in [-0.05, 0) is 42.5 Å². The van der Waals surface area contributed by atoms with Crippen LogP contribution in [0.5, 0.6) is 0 Å². The van der Waals surface area contributed by atoms with Crippen LogP contribution < -0.4 is 0 Å². The van der Waals surface area contributed by atoms with Crippen LogP contribution in [0.2, 0.25) is 5.02 Å². The molecule has 0 spiro atoms. The van der Waals surface area contributed by atoms with Crippen molar-refractivity contribution in [2.45, 2.75) is 6.61 Å². The first kappa shape index (κ1) is 16.0. The second-order valence-electron chi connectivity index (χ2n) is 5.14. The van der Waals surface area contributed by atoms with Crippen LogP contribution in [0.4, 0.5) is 0 Å².